The molecule has 0 aromatic heterocycles. The van der Waals surface area contributed by atoms with E-state index in [9.17, 15) is 9.59 Å². The number of carbonyl (C=O) groups is 2. The number of carbonyl (C=O) groups excluding carboxylic acids is 2. The van der Waals surface area contributed by atoms with Gasteiger partial charge in [-0.25, -0.2) is 0 Å². The molecule has 2 aromatic carbocycles. The van der Waals surface area contributed by atoms with Crippen LogP contribution in [0.5, 0.6) is 0 Å². The molecular formula is C16H12Cl4O2. The van der Waals surface area contributed by atoms with E-state index in [1.807, 2.05) is 18.2 Å². The van der Waals surface area contributed by atoms with Gasteiger partial charge in [0.05, 0.1) is 0 Å². The molecule has 0 unspecified atom stereocenters. The summed E-state index contributed by atoms with van der Waals surface area (Å²) in [6.07, 6.45) is 0. The Morgan fingerprint density at radius 2 is 1.32 bits per heavy atom. The van der Waals surface area contributed by atoms with E-state index in [-0.39, 0.29) is 5.56 Å². The second kappa shape index (κ2) is 9.16. The molecule has 0 amide bonds. The van der Waals surface area contributed by atoms with E-state index in [2.05, 4.69) is 19.1 Å². The second-order valence-electron chi connectivity index (χ2n) is 4.40. The fraction of sp³-hybridized carbons (Fsp3) is 0.125. The van der Waals surface area contributed by atoms with Crippen LogP contribution in [-0.2, 0) is 9.59 Å². The standard InChI is InChI=1S/C9H4Cl4O2.C7H8/c10-5-1-4(2-6(11)3-5)7(8(12)14)9(13)15;1-7-5-3-2-4-6-7/h1-3,7H;2-6H,1H3. The molecule has 0 heterocycles. The Balaban J connectivity index is 0.000000287. The van der Waals surface area contributed by atoms with Crippen LogP contribution in [0.3, 0.4) is 0 Å². The van der Waals surface area contributed by atoms with Crippen molar-refractivity contribution in [2.24, 2.45) is 0 Å². The molecule has 2 rings (SSSR count). The summed E-state index contributed by atoms with van der Waals surface area (Å²) in [5.41, 5.74) is 1.61. The molecule has 116 valence electrons. The normalized spacial score (nSPS) is 9.91. The van der Waals surface area contributed by atoms with Gasteiger partial charge >= 0.3 is 0 Å². The van der Waals surface area contributed by atoms with Crippen LogP contribution in [0.15, 0.2) is 48.5 Å². The number of hydrogen-bond acceptors (Lipinski definition) is 2. The minimum Gasteiger partial charge on any atom is -0.280 e. The molecule has 0 spiro atoms. The van der Waals surface area contributed by atoms with Gasteiger partial charge in [0.2, 0.25) is 10.5 Å². The lowest BCUT2D eigenvalue weighted by Gasteiger charge is -2.08. The summed E-state index contributed by atoms with van der Waals surface area (Å²) >= 11 is 21.9. The van der Waals surface area contributed by atoms with Crippen LogP contribution in [0.2, 0.25) is 10.0 Å². The van der Waals surface area contributed by atoms with Gasteiger partial charge in [-0.15, -0.1) is 0 Å². The number of aryl methyl sites for hydroxylation is 1. The average Bonchev–Trinajstić information content (AvgIpc) is 2.38. The number of hydrogen-bond donors (Lipinski definition) is 0. The van der Waals surface area contributed by atoms with Gasteiger partial charge in [0.25, 0.3) is 0 Å². The first-order valence-corrected chi connectivity index (χ1v) is 7.68. The van der Waals surface area contributed by atoms with Crippen LogP contribution < -0.4 is 0 Å². The highest BCUT2D eigenvalue weighted by Gasteiger charge is 2.26. The molecule has 22 heavy (non-hydrogen) atoms. The van der Waals surface area contributed by atoms with Crippen molar-refractivity contribution in [2.75, 3.05) is 0 Å². The molecule has 0 saturated carbocycles. The quantitative estimate of drug-likeness (QED) is 0.515. The summed E-state index contributed by atoms with van der Waals surface area (Å²) in [6, 6.07) is 14.6. The summed E-state index contributed by atoms with van der Waals surface area (Å²) in [6.45, 7) is 2.08. The summed E-state index contributed by atoms with van der Waals surface area (Å²) in [5, 5.41) is -1.13. The maximum atomic E-state index is 11.0. The van der Waals surface area contributed by atoms with E-state index in [0.717, 1.165) is 0 Å². The minimum absolute atomic E-state index is 0.285. The predicted octanol–water partition coefficient (Wildman–Crippen LogP) is 5.60. The third-order valence-electron chi connectivity index (χ3n) is 2.61. The summed E-state index contributed by atoms with van der Waals surface area (Å²) in [4.78, 5) is 22.0. The van der Waals surface area contributed by atoms with Gasteiger partial charge in [-0.1, -0.05) is 59.1 Å². The molecule has 2 nitrogen and oxygen atoms in total. The van der Waals surface area contributed by atoms with E-state index in [1.54, 1.807) is 0 Å². The molecule has 0 fully saturated rings. The van der Waals surface area contributed by atoms with Crippen molar-refractivity contribution in [2.45, 2.75) is 12.8 Å². The third kappa shape index (κ3) is 6.37. The monoisotopic (exact) mass is 376 g/mol. The van der Waals surface area contributed by atoms with Gasteiger partial charge in [0.15, 0.2) is 0 Å². The lowest BCUT2D eigenvalue weighted by molar-refractivity contribution is -0.120. The molecule has 0 bridgehead atoms. The van der Waals surface area contributed by atoms with Crippen molar-refractivity contribution in [1.29, 1.82) is 0 Å². The zero-order valence-corrected chi connectivity index (χ0v) is 14.5. The zero-order valence-electron chi connectivity index (χ0n) is 11.5. The van der Waals surface area contributed by atoms with E-state index < -0.39 is 16.4 Å². The van der Waals surface area contributed by atoms with Crippen molar-refractivity contribution in [3.63, 3.8) is 0 Å². The Morgan fingerprint density at radius 1 is 0.864 bits per heavy atom. The smallest absolute Gasteiger partial charge is 0.237 e. The topological polar surface area (TPSA) is 34.1 Å². The maximum Gasteiger partial charge on any atom is 0.237 e. The second-order valence-corrected chi connectivity index (χ2v) is 6.02. The average molecular weight is 378 g/mol. The Morgan fingerprint density at radius 3 is 1.64 bits per heavy atom. The number of benzene rings is 2. The van der Waals surface area contributed by atoms with Crippen LogP contribution in [-0.4, -0.2) is 10.5 Å². The van der Waals surface area contributed by atoms with Gasteiger partial charge in [0, 0.05) is 10.0 Å². The van der Waals surface area contributed by atoms with Gasteiger partial charge in [-0.3, -0.25) is 9.59 Å². The van der Waals surface area contributed by atoms with Crippen LogP contribution >= 0.6 is 46.4 Å². The molecule has 0 aliphatic carbocycles. The lowest BCUT2D eigenvalue weighted by Crippen LogP contribution is -2.13. The van der Waals surface area contributed by atoms with Crippen molar-refractivity contribution in [3.8, 4) is 0 Å². The molecular weight excluding hydrogens is 366 g/mol. The highest BCUT2D eigenvalue weighted by atomic mass is 35.5. The molecule has 0 aliphatic heterocycles. The molecule has 0 radical (unpaired) electrons. The molecule has 6 heteroatoms. The SMILES string of the molecule is Cc1ccccc1.O=C(Cl)C(C(=O)Cl)c1cc(Cl)cc(Cl)c1. The molecule has 0 aliphatic rings. The van der Waals surface area contributed by atoms with E-state index in [4.69, 9.17) is 46.4 Å². The van der Waals surface area contributed by atoms with E-state index in [0.29, 0.717) is 10.0 Å². The molecule has 0 atom stereocenters. The summed E-state index contributed by atoms with van der Waals surface area (Å²) in [7, 11) is 0. The highest BCUT2D eigenvalue weighted by Crippen LogP contribution is 2.27. The largest absolute Gasteiger partial charge is 0.280 e. The highest BCUT2D eigenvalue weighted by molar-refractivity contribution is 6.74. The van der Waals surface area contributed by atoms with Gasteiger partial charge in [-0.2, -0.15) is 0 Å². The lowest BCUT2D eigenvalue weighted by atomic mass is 10.0. The Kier molecular flexibility index (Phi) is 7.91. The Bertz CT molecular complexity index is 622. The Labute approximate surface area is 148 Å². The van der Waals surface area contributed by atoms with Crippen LogP contribution in [0.25, 0.3) is 0 Å². The van der Waals surface area contributed by atoms with Crippen molar-refractivity contribution in [1.82, 2.24) is 0 Å². The van der Waals surface area contributed by atoms with Crippen molar-refractivity contribution < 1.29 is 9.59 Å². The first kappa shape index (κ1) is 19.0. The fourth-order valence-corrected chi connectivity index (χ4v) is 2.68. The summed E-state index contributed by atoms with van der Waals surface area (Å²) in [5.74, 6) is -1.23. The fourth-order valence-electron chi connectivity index (χ4n) is 1.63. The third-order valence-corrected chi connectivity index (χ3v) is 3.49. The molecule has 0 saturated heterocycles. The van der Waals surface area contributed by atoms with E-state index in [1.165, 1.54) is 23.8 Å². The van der Waals surface area contributed by atoms with Crippen LogP contribution in [0.1, 0.15) is 17.0 Å². The van der Waals surface area contributed by atoms with E-state index >= 15 is 0 Å². The van der Waals surface area contributed by atoms with Crippen LogP contribution in [0.4, 0.5) is 0 Å². The van der Waals surface area contributed by atoms with Crippen molar-refractivity contribution in [3.05, 3.63) is 69.7 Å². The zero-order chi connectivity index (χ0) is 16.7. The van der Waals surface area contributed by atoms with Crippen LogP contribution in [0, 0.1) is 6.92 Å². The van der Waals surface area contributed by atoms with Gasteiger partial charge in [0.1, 0.15) is 5.92 Å². The summed E-state index contributed by atoms with van der Waals surface area (Å²) < 4.78 is 0. The predicted molar refractivity (Wildman–Crippen MR) is 92.1 cm³/mol. The molecule has 0 N–H and O–H groups in total. The Hall–Kier alpha value is -1.06. The maximum absolute atomic E-state index is 11.0. The molecule has 2 aromatic rings. The number of halogens is 4. The minimum atomic E-state index is -1.23. The van der Waals surface area contributed by atoms with Gasteiger partial charge < -0.3 is 0 Å². The first-order valence-electron chi connectivity index (χ1n) is 6.17. The first-order chi connectivity index (χ1) is 10.3. The van der Waals surface area contributed by atoms with Gasteiger partial charge in [-0.05, 0) is 53.9 Å². The number of rotatable bonds is 3. The van der Waals surface area contributed by atoms with Crippen molar-refractivity contribution >= 4 is 56.9 Å².